The van der Waals surface area contributed by atoms with Crippen molar-refractivity contribution in [3.63, 3.8) is 0 Å². The minimum atomic E-state index is -0.184. The molecule has 0 aliphatic heterocycles. The Hall–Kier alpha value is -3.06. The van der Waals surface area contributed by atoms with Crippen LogP contribution in [0.3, 0.4) is 0 Å². The number of rotatable bonds is 6. The third-order valence-electron chi connectivity index (χ3n) is 4.66. The molecule has 0 spiro atoms. The zero-order valence-corrected chi connectivity index (χ0v) is 19.4. The first-order valence-electron chi connectivity index (χ1n) is 9.24. The number of anilines is 2. The Bertz CT molecular complexity index is 1280. The molecule has 0 amide bonds. The van der Waals surface area contributed by atoms with Gasteiger partial charge in [-0.05, 0) is 48.5 Å². The van der Waals surface area contributed by atoms with Gasteiger partial charge in [-0.1, -0.05) is 23.2 Å². The van der Waals surface area contributed by atoms with Crippen molar-refractivity contribution in [2.24, 2.45) is 0 Å². The van der Waals surface area contributed by atoms with Crippen LogP contribution < -0.4 is 14.8 Å². The van der Waals surface area contributed by atoms with Crippen molar-refractivity contribution >= 4 is 63.9 Å². The van der Waals surface area contributed by atoms with Gasteiger partial charge in [0.15, 0.2) is 17.3 Å². The molecule has 1 heterocycles. The Morgan fingerprint density at radius 1 is 0.938 bits per heavy atom. The number of methoxy groups -OCH3 is 2. The molecule has 0 atom stereocenters. The third kappa shape index (κ3) is 4.88. The van der Waals surface area contributed by atoms with Crippen LogP contribution in [0.4, 0.5) is 11.6 Å². The Morgan fingerprint density at radius 3 is 2.28 bits per heavy atom. The summed E-state index contributed by atoms with van der Waals surface area (Å²) in [5, 5.41) is 4.80. The van der Waals surface area contributed by atoms with E-state index in [4.69, 9.17) is 32.7 Å². The van der Waals surface area contributed by atoms with E-state index in [1.807, 2.05) is 6.07 Å². The predicted octanol–water partition coefficient (Wildman–Crippen LogP) is 6.35. The quantitative estimate of drug-likeness (QED) is 0.317. The molecular weight excluding hydrogens is 473 g/mol. The number of carbonyl (C=O) groups is 1. The predicted molar refractivity (Wildman–Crippen MR) is 130 cm³/mol. The lowest BCUT2D eigenvalue weighted by molar-refractivity contribution is 0.103. The molecule has 0 unspecified atom stereocenters. The highest BCUT2D eigenvalue weighted by Gasteiger charge is 2.14. The van der Waals surface area contributed by atoms with E-state index in [0.29, 0.717) is 49.8 Å². The molecule has 3 aromatic carbocycles. The number of aromatic nitrogens is 2. The maximum atomic E-state index is 12.7. The lowest BCUT2D eigenvalue weighted by atomic mass is 10.0. The number of carbonyl (C=O) groups excluding carboxylic acids is 1. The molecule has 164 valence electrons. The van der Waals surface area contributed by atoms with Crippen LogP contribution in [0.1, 0.15) is 15.9 Å². The van der Waals surface area contributed by atoms with Crippen molar-refractivity contribution in [2.45, 2.75) is 0 Å². The second-order valence-electron chi connectivity index (χ2n) is 6.62. The fourth-order valence-electron chi connectivity index (χ4n) is 3.08. The minimum Gasteiger partial charge on any atom is -0.493 e. The Kier molecular flexibility index (Phi) is 7.40. The second kappa shape index (κ2) is 10.0. The normalized spacial score (nSPS) is 10.4. The number of ether oxygens (including phenoxy) is 2. The third-order valence-corrected chi connectivity index (χ3v) is 5.23. The van der Waals surface area contributed by atoms with E-state index in [-0.39, 0.29) is 18.2 Å². The Balaban J connectivity index is 0.00000289. The van der Waals surface area contributed by atoms with E-state index in [2.05, 4.69) is 15.3 Å². The van der Waals surface area contributed by atoms with Crippen molar-refractivity contribution < 1.29 is 14.3 Å². The van der Waals surface area contributed by atoms with Crippen LogP contribution in [0.15, 0.2) is 60.8 Å². The fraction of sp³-hybridized carbons (Fsp3) is 0.0870. The average Bonchev–Trinajstić information content (AvgIpc) is 2.78. The van der Waals surface area contributed by atoms with Crippen molar-refractivity contribution in [1.82, 2.24) is 9.97 Å². The summed E-state index contributed by atoms with van der Waals surface area (Å²) >= 11 is 12.3. The standard InChI is InChI=1S/C23H17Cl2N3O3.ClH/c1-30-20-9-14-12-26-23(28-19(14)11-21(20)31-2)27-16-7-8-17(18(25)10-16)22(29)13-3-5-15(24)6-4-13;/h3-12H,1-2H3,(H,26,27,28);1H. The van der Waals surface area contributed by atoms with E-state index in [1.54, 1.807) is 68.9 Å². The van der Waals surface area contributed by atoms with Crippen LogP contribution >= 0.6 is 35.6 Å². The maximum absolute atomic E-state index is 12.7. The van der Waals surface area contributed by atoms with E-state index >= 15 is 0 Å². The van der Waals surface area contributed by atoms with Gasteiger partial charge in [-0.2, -0.15) is 0 Å². The highest BCUT2D eigenvalue weighted by atomic mass is 35.5. The number of benzene rings is 3. The summed E-state index contributed by atoms with van der Waals surface area (Å²) in [5.74, 6) is 1.38. The first-order chi connectivity index (χ1) is 15.0. The molecule has 1 aromatic heterocycles. The summed E-state index contributed by atoms with van der Waals surface area (Å²) in [5.41, 5.74) is 2.24. The number of halogens is 3. The Labute approximate surface area is 200 Å². The molecule has 32 heavy (non-hydrogen) atoms. The van der Waals surface area contributed by atoms with Crippen LogP contribution in [-0.2, 0) is 0 Å². The lowest BCUT2D eigenvalue weighted by Crippen LogP contribution is -2.03. The first kappa shape index (κ1) is 23.6. The molecule has 0 saturated heterocycles. The SMILES string of the molecule is COc1cc2cnc(Nc3ccc(C(=O)c4ccc(Cl)cc4)c(Cl)c3)nc2cc1OC.Cl. The summed E-state index contributed by atoms with van der Waals surface area (Å²) in [6.45, 7) is 0. The first-order valence-corrected chi connectivity index (χ1v) is 9.99. The monoisotopic (exact) mass is 489 g/mol. The van der Waals surface area contributed by atoms with E-state index < -0.39 is 0 Å². The van der Waals surface area contributed by atoms with E-state index in [0.717, 1.165) is 5.39 Å². The summed E-state index contributed by atoms with van der Waals surface area (Å²) in [7, 11) is 3.14. The number of nitrogens with one attached hydrogen (secondary N) is 1. The molecule has 6 nitrogen and oxygen atoms in total. The fourth-order valence-corrected chi connectivity index (χ4v) is 3.47. The molecule has 0 bridgehead atoms. The van der Waals surface area contributed by atoms with Crippen LogP contribution in [0.5, 0.6) is 11.5 Å². The van der Waals surface area contributed by atoms with Gasteiger partial charge in [-0.25, -0.2) is 9.97 Å². The zero-order valence-electron chi connectivity index (χ0n) is 17.1. The van der Waals surface area contributed by atoms with Crippen molar-refractivity contribution in [3.05, 3.63) is 82.0 Å². The molecule has 0 aliphatic carbocycles. The zero-order chi connectivity index (χ0) is 22.0. The summed E-state index contributed by atoms with van der Waals surface area (Å²) in [6, 6.07) is 15.3. The summed E-state index contributed by atoms with van der Waals surface area (Å²) in [4.78, 5) is 21.6. The van der Waals surface area contributed by atoms with Gasteiger partial charge in [0, 0.05) is 39.5 Å². The number of hydrogen-bond donors (Lipinski definition) is 1. The molecular formula is C23H18Cl3N3O3. The molecule has 0 radical (unpaired) electrons. The molecule has 9 heteroatoms. The highest BCUT2D eigenvalue weighted by molar-refractivity contribution is 6.35. The van der Waals surface area contributed by atoms with E-state index in [1.165, 1.54) is 0 Å². The number of hydrogen-bond acceptors (Lipinski definition) is 6. The lowest BCUT2D eigenvalue weighted by Gasteiger charge is -2.11. The minimum absolute atomic E-state index is 0. The highest BCUT2D eigenvalue weighted by Crippen LogP contribution is 2.32. The smallest absolute Gasteiger partial charge is 0.227 e. The topological polar surface area (TPSA) is 73.3 Å². The van der Waals surface area contributed by atoms with Gasteiger partial charge in [0.05, 0.1) is 24.8 Å². The van der Waals surface area contributed by atoms with Crippen molar-refractivity contribution in [2.75, 3.05) is 19.5 Å². The average molecular weight is 491 g/mol. The van der Waals surface area contributed by atoms with Gasteiger partial charge in [0.25, 0.3) is 0 Å². The van der Waals surface area contributed by atoms with Crippen molar-refractivity contribution in [3.8, 4) is 11.5 Å². The van der Waals surface area contributed by atoms with Gasteiger partial charge < -0.3 is 14.8 Å². The Morgan fingerprint density at radius 2 is 1.62 bits per heavy atom. The van der Waals surface area contributed by atoms with Crippen LogP contribution in [0, 0.1) is 0 Å². The van der Waals surface area contributed by atoms with Gasteiger partial charge in [0.2, 0.25) is 5.95 Å². The van der Waals surface area contributed by atoms with Crippen molar-refractivity contribution in [1.29, 1.82) is 0 Å². The van der Waals surface area contributed by atoms with Crippen LogP contribution in [0.25, 0.3) is 10.9 Å². The molecule has 0 fully saturated rings. The molecule has 0 aliphatic rings. The molecule has 0 saturated carbocycles. The van der Waals surface area contributed by atoms with Gasteiger partial charge in [-0.15, -0.1) is 12.4 Å². The van der Waals surface area contributed by atoms with E-state index in [9.17, 15) is 4.79 Å². The number of ketones is 1. The molecule has 4 aromatic rings. The largest absolute Gasteiger partial charge is 0.493 e. The second-order valence-corrected chi connectivity index (χ2v) is 7.46. The van der Waals surface area contributed by atoms with Crippen LogP contribution in [-0.4, -0.2) is 30.0 Å². The van der Waals surface area contributed by atoms with Crippen LogP contribution in [0.2, 0.25) is 10.0 Å². The van der Waals surface area contributed by atoms with Gasteiger partial charge >= 0.3 is 0 Å². The maximum Gasteiger partial charge on any atom is 0.227 e. The van der Waals surface area contributed by atoms with Gasteiger partial charge in [0.1, 0.15) is 0 Å². The van der Waals surface area contributed by atoms with Gasteiger partial charge in [-0.3, -0.25) is 4.79 Å². The summed E-state index contributed by atoms with van der Waals surface area (Å²) < 4.78 is 10.6. The number of nitrogens with zero attached hydrogens (tertiary/aromatic N) is 2. The molecule has 4 rings (SSSR count). The molecule has 1 N–H and O–H groups in total. The summed E-state index contributed by atoms with van der Waals surface area (Å²) in [6.07, 6.45) is 1.69. The number of fused-ring (bicyclic) bond motifs is 1.